The van der Waals surface area contributed by atoms with Crippen molar-refractivity contribution < 1.29 is 0 Å². The van der Waals surface area contributed by atoms with Gasteiger partial charge in [0.15, 0.2) is 0 Å². The molecule has 0 bridgehead atoms. The van der Waals surface area contributed by atoms with Gasteiger partial charge in [-0.3, -0.25) is 4.68 Å². The zero-order chi connectivity index (χ0) is 14.8. The summed E-state index contributed by atoms with van der Waals surface area (Å²) in [6, 6.07) is 8.97. The van der Waals surface area contributed by atoms with Crippen molar-refractivity contribution in [3.8, 4) is 0 Å². The number of aryl methyl sites for hydroxylation is 2. The minimum absolute atomic E-state index is 0.209. The van der Waals surface area contributed by atoms with Gasteiger partial charge in [0.05, 0.1) is 11.7 Å². The van der Waals surface area contributed by atoms with E-state index in [0.29, 0.717) is 0 Å². The average Bonchev–Trinajstić information content (AvgIpc) is 3.06. The van der Waals surface area contributed by atoms with Crippen molar-refractivity contribution in [2.24, 2.45) is 7.05 Å². The van der Waals surface area contributed by atoms with Crippen molar-refractivity contribution in [1.29, 1.82) is 0 Å². The van der Waals surface area contributed by atoms with Gasteiger partial charge in [0, 0.05) is 23.5 Å². The Morgan fingerprint density at radius 2 is 2.14 bits per heavy atom. The molecule has 110 valence electrons. The molecule has 1 unspecified atom stereocenters. The SMILES string of the molecule is CCCNC(c1cn(C)nc1C)c1cccc2ccsc12. The first kappa shape index (κ1) is 14.3. The number of hydrogen-bond donors (Lipinski definition) is 1. The van der Waals surface area contributed by atoms with Crippen molar-refractivity contribution >= 4 is 21.4 Å². The predicted molar refractivity (Wildman–Crippen MR) is 89.9 cm³/mol. The molecule has 0 spiro atoms. The van der Waals surface area contributed by atoms with E-state index in [2.05, 4.69) is 60.1 Å². The maximum atomic E-state index is 4.51. The molecule has 0 fully saturated rings. The van der Waals surface area contributed by atoms with Crippen LogP contribution < -0.4 is 5.32 Å². The van der Waals surface area contributed by atoms with E-state index in [1.54, 1.807) is 0 Å². The van der Waals surface area contributed by atoms with Gasteiger partial charge in [0.2, 0.25) is 0 Å². The number of nitrogens with one attached hydrogen (secondary N) is 1. The van der Waals surface area contributed by atoms with Crippen molar-refractivity contribution in [3.63, 3.8) is 0 Å². The number of aromatic nitrogens is 2. The smallest absolute Gasteiger partial charge is 0.0644 e. The molecule has 0 aliphatic heterocycles. The Morgan fingerprint density at radius 1 is 1.29 bits per heavy atom. The van der Waals surface area contributed by atoms with Gasteiger partial charge in [-0.1, -0.05) is 25.1 Å². The van der Waals surface area contributed by atoms with Gasteiger partial charge in [-0.15, -0.1) is 11.3 Å². The molecular formula is C17H21N3S. The summed E-state index contributed by atoms with van der Waals surface area (Å²) in [5.41, 5.74) is 3.72. The van der Waals surface area contributed by atoms with Crippen LogP contribution in [0, 0.1) is 6.92 Å². The topological polar surface area (TPSA) is 29.9 Å². The summed E-state index contributed by atoms with van der Waals surface area (Å²) in [6.45, 7) is 5.29. The Bertz CT molecular complexity index is 741. The van der Waals surface area contributed by atoms with Crippen LogP contribution in [0.15, 0.2) is 35.8 Å². The van der Waals surface area contributed by atoms with E-state index in [9.17, 15) is 0 Å². The van der Waals surface area contributed by atoms with Gasteiger partial charge >= 0.3 is 0 Å². The molecule has 0 aliphatic rings. The molecule has 1 atom stereocenters. The van der Waals surface area contributed by atoms with Crippen LogP contribution in [0.5, 0.6) is 0 Å². The Hall–Kier alpha value is -1.65. The van der Waals surface area contributed by atoms with Crippen LogP contribution >= 0.6 is 11.3 Å². The lowest BCUT2D eigenvalue weighted by Crippen LogP contribution is -2.23. The third-order valence-electron chi connectivity index (χ3n) is 3.78. The van der Waals surface area contributed by atoms with Gasteiger partial charge in [-0.05, 0) is 42.3 Å². The highest BCUT2D eigenvalue weighted by molar-refractivity contribution is 7.17. The Kier molecular flexibility index (Phi) is 4.08. The van der Waals surface area contributed by atoms with Crippen LogP contribution in [0.4, 0.5) is 0 Å². The van der Waals surface area contributed by atoms with Crippen molar-refractivity contribution in [2.75, 3.05) is 6.54 Å². The first-order valence-electron chi connectivity index (χ1n) is 7.40. The summed E-state index contributed by atoms with van der Waals surface area (Å²) in [7, 11) is 1.99. The fraction of sp³-hybridized carbons (Fsp3) is 0.353. The summed E-state index contributed by atoms with van der Waals surface area (Å²) >= 11 is 1.82. The van der Waals surface area contributed by atoms with E-state index in [0.717, 1.165) is 18.7 Å². The normalized spacial score (nSPS) is 12.9. The summed E-state index contributed by atoms with van der Waals surface area (Å²) in [4.78, 5) is 0. The lowest BCUT2D eigenvalue weighted by atomic mass is 9.98. The number of thiophene rings is 1. The molecule has 21 heavy (non-hydrogen) atoms. The van der Waals surface area contributed by atoms with Crippen LogP contribution in [0.2, 0.25) is 0 Å². The molecule has 1 aromatic carbocycles. The van der Waals surface area contributed by atoms with Crippen LogP contribution in [0.3, 0.4) is 0 Å². The van der Waals surface area contributed by atoms with E-state index in [1.807, 2.05) is 23.1 Å². The molecule has 2 aromatic heterocycles. The first-order valence-corrected chi connectivity index (χ1v) is 8.28. The third-order valence-corrected chi connectivity index (χ3v) is 4.76. The van der Waals surface area contributed by atoms with Crippen LogP contribution in [0.1, 0.15) is 36.2 Å². The number of nitrogens with zero attached hydrogens (tertiary/aromatic N) is 2. The molecule has 4 heteroatoms. The molecule has 2 heterocycles. The summed E-state index contributed by atoms with van der Waals surface area (Å²) in [6.07, 6.45) is 3.26. The Labute approximate surface area is 129 Å². The van der Waals surface area contributed by atoms with Crippen LogP contribution in [-0.2, 0) is 7.05 Å². The van der Waals surface area contributed by atoms with Gasteiger partial charge < -0.3 is 5.32 Å². The Morgan fingerprint density at radius 3 is 2.86 bits per heavy atom. The van der Waals surface area contributed by atoms with Gasteiger partial charge in [-0.25, -0.2) is 0 Å². The largest absolute Gasteiger partial charge is 0.306 e. The molecular weight excluding hydrogens is 278 g/mol. The van der Waals surface area contributed by atoms with E-state index in [4.69, 9.17) is 0 Å². The second-order valence-corrected chi connectivity index (χ2v) is 6.33. The van der Waals surface area contributed by atoms with E-state index < -0.39 is 0 Å². The van der Waals surface area contributed by atoms with Crippen molar-refractivity contribution in [2.45, 2.75) is 26.3 Å². The third kappa shape index (κ3) is 2.74. The molecule has 0 radical (unpaired) electrons. The highest BCUT2D eigenvalue weighted by atomic mass is 32.1. The molecule has 0 aliphatic carbocycles. The highest BCUT2D eigenvalue weighted by Crippen LogP contribution is 2.33. The zero-order valence-electron chi connectivity index (χ0n) is 12.8. The van der Waals surface area contributed by atoms with Crippen molar-refractivity contribution in [3.05, 3.63) is 52.7 Å². The van der Waals surface area contributed by atoms with Gasteiger partial charge in [0.25, 0.3) is 0 Å². The standard InChI is InChI=1S/C17H21N3S/c1-4-9-18-16(15-11-20(3)19-12(15)2)14-7-5-6-13-8-10-21-17(13)14/h5-8,10-11,16,18H,4,9H2,1-3H3. The highest BCUT2D eigenvalue weighted by Gasteiger charge is 2.20. The number of rotatable bonds is 5. The second kappa shape index (κ2) is 6.00. The molecule has 3 nitrogen and oxygen atoms in total. The monoisotopic (exact) mass is 299 g/mol. The minimum atomic E-state index is 0.209. The average molecular weight is 299 g/mol. The molecule has 0 saturated heterocycles. The molecule has 1 N–H and O–H groups in total. The van der Waals surface area contributed by atoms with E-state index in [1.165, 1.54) is 21.2 Å². The number of fused-ring (bicyclic) bond motifs is 1. The van der Waals surface area contributed by atoms with Crippen molar-refractivity contribution in [1.82, 2.24) is 15.1 Å². The van der Waals surface area contributed by atoms with E-state index in [-0.39, 0.29) is 6.04 Å². The molecule has 0 amide bonds. The second-order valence-electron chi connectivity index (χ2n) is 5.42. The molecule has 3 aromatic rings. The maximum absolute atomic E-state index is 4.51. The fourth-order valence-electron chi connectivity index (χ4n) is 2.82. The van der Waals surface area contributed by atoms with Crippen LogP contribution in [0.25, 0.3) is 10.1 Å². The van der Waals surface area contributed by atoms with Crippen LogP contribution in [-0.4, -0.2) is 16.3 Å². The lowest BCUT2D eigenvalue weighted by molar-refractivity contribution is 0.599. The van der Waals surface area contributed by atoms with Gasteiger partial charge in [-0.2, -0.15) is 5.10 Å². The molecule has 3 rings (SSSR count). The number of hydrogen-bond acceptors (Lipinski definition) is 3. The first-order chi connectivity index (χ1) is 10.2. The maximum Gasteiger partial charge on any atom is 0.0644 e. The predicted octanol–water partition coefficient (Wildman–Crippen LogP) is 4.03. The summed E-state index contributed by atoms with van der Waals surface area (Å²) in [5.74, 6) is 0. The molecule has 0 saturated carbocycles. The van der Waals surface area contributed by atoms with E-state index >= 15 is 0 Å². The minimum Gasteiger partial charge on any atom is -0.306 e. The summed E-state index contributed by atoms with van der Waals surface area (Å²) in [5, 5.41) is 11.7. The number of benzene rings is 1. The fourth-order valence-corrected chi connectivity index (χ4v) is 3.77. The zero-order valence-corrected chi connectivity index (χ0v) is 13.6. The quantitative estimate of drug-likeness (QED) is 0.771. The Balaban J connectivity index is 2.11. The van der Waals surface area contributed by atoms with Gasteiger partial charge in [0.1, 0.15) is 0 Å². The lowest BCUT2D eigenvalue weighted by Gasteiger charge is -2.19. The summed E-state index contributed by atoms with van der Waals surface area (Å²) < 4.78 is 3.27.